The van der Waals surface area contributed by atoms with Crippen LogP contribution in [0, 0.1) is 6.92 Å². The van der Waals surface area contributed by atoms with Crippen LogP contribution in [0.1, 0.15) is 23.1 Å². The van der Waals surface area contributed by atoms with Crippen molar-refractivity contribution < 1.29 is 27.4 Å². The molecule has 1 aliphatic heterocycles. The number of halogens is 3. The quantitative estimate of drug-likeness (QED) is 0.787. The van der Waals surface area contributed by atoms with Crippen molar-refractivity contribution in [2.45, 2.75) is 32.1 Å². The van der Waals surface area contributed by atoms with Gasteiger partial charge in [-0.15, -0.1) is 0 Å². The maximum Gasteiger partial charge on any atom is 0.418 e. The number of benzene rings is 2. The van der Waals surface area contributed by atoms with Gasteiger partial charge in [0, 0.05) is 13.1 Å². The van der Waals surface area contributed by atoms with Crippen molar-refractivity contribution in [3.05, 3.63) is 53.1 Å². The van der Waals surface area contributed by atoms with Crippen molar-refractivity contribution in [3.63, 3.8) is 0 Å². The highest BCUT2D eigenvalue weighted by Crippen LogP contribution is 2.38. The second-order valence-corrected chi connectivity index (χ2v) is 6.86. The Kier molecular flexibility index (Phi) is 6.02. The molecule has 0 spiro atoms. The molecular weight excluding hydrogens is 385 g/mol. The molecular formula is C21H23F3N2O3. The van der Waals surface area contributed by atoms with E-state index in [4.69, 9.17) is 9.47 Å². The van der Waals surface area contributed by atoms with Crippen molar-refractivity contribution in [2.75, 3.05) is 25.7 Å². The minimum Gasteiger partial charge on any atom is -0.493 e. The van der Waals surface area contributed by atoms with Crippen LogP contribution in [-0.2, 0) is 17.5 Å². The number of para-hydroxylation sites is 1. The molecule has 1 N–H and O–H groups in total. The van der Waals surface area contributed by atoms with E-state index in [9.17, 15) is 18.0 Å². The Morgan fingerprint density at radius 1 is 1.14 bits per heavy atom. The van der Waals surface area contributed by atoms with Gasteiger partial charge < -0.3 is 19.7 Å². The van der Waals surface area contributed by atoms with Gasteiger partial charge in [0.2, 0.25) is 5.91 Å². The molecule has 8 heteroatoms. The molecule has 1 saturated heterocycles. The lowest BCUT2D eigenvalue weighted by Gasteiger charge is -2.22. The molecule has 29 heavy (non-hydrogen) atoms. The van der Waals surface area contributed by atoms with Crippen molar-refractivity contribution in [1.29, 1.82) is 0 Å². The molecule has 156 valence electrons. The van der Waals surface area contributed by atoms with Gasteiger partial charge in [-0.3, -0.25) is 4.79 Å². The van der Waals surface area contributed by atoms with Gasteiger partial charge in [0.25, 0.3) is 0 Å². The summed E-state index contributed by atoms with van der Waals surface area (Å²) >= 11 is 0. The third-order valence-electron chi connectivity index (χ3n) is 5.09. The largest absolute Gasteiger partial charge is 0.493 e. The number of hydrogen-bond acceptors (Lipinski definition) is 4. The van der Waals surface area contributed by atoms with Crippen LogP contribution in [0.4, 0.5) is 18.9 Å². The number of anilines is 1. The molecule has 0 radical (unpaired) electrons. The molecule has 0 unspecified atom stereocenters. The fourth-order valence-corrected chi connectivity index (χ4v) is 3.50. The Labute approximate surface area is 167 Å². The lowest BCUT2D eigenvalue weighted by atomic mass is 10.1. The van der Waals surface area contributed by atoms with Crippen LogP contribution in [0.5, 0.6) is 11.5 Å². The number of aryl methyl sites for hydroxylation is 1. The summed E-state index contributed by atoms with van der Waals surface area (Å²) in [6.45, 7) is 2.53. The number of rotatable bonds is 6. The summed E-state index contributed by atoms with van der Waals surface area (Å²) in [5, 5.41) is 3.17. The van der Waals surface area contributed by atoms with Crippen molar-refractivity contribution in [2.24, 2.45) is 0 Å². The molecule has 0 bridgehead atoms. The van der Waals surface area contributed by atoms with Gasteiger partial charge in [0.1, 0.15) is 0 Å². The Morgan fingerprint density at radius 3 is 2.45 bits per heavy atom. The molecule has 0 aromatic heterocycles. The summed E-state index contributed by atoms with van der Waals surface area (Å²) in [4.78, 5) is 14.0. The van der Waals surface area contributed by atoms with E-state index in [1.165, 1.54) is 23.1 Å². The number of carbonyl (C=O) groups excluding carboxylic acids is 1. The summed E-state index contributed by atoms with van der Waals surface area (Å²) in [6.07, 6.45) is -4.09. The first kappa shape index (κ1) is 21.0. The first-order valence-corrected chi connectivity index (χ1v) is 9.18. The number of hydrogen-bond donors (Lipinski definition) is 1. The Bertz CT molecular complexity index is 899. The maximum absolute atomic E-state index is 13.3. The minimum absolute atomic E-state index is 0.100. The number of ether oxygens (including phenoxy) is 2. The molecule has 2 aromatic carbocycles. The Balaban J connectivity index is 1.74. The van der Waals surface area contributed by atoms with Crippen LogP contribution >= 0.6 is 0 Å². The Hall–Kier alpha value is -2.74. The molecule has 0 aliphatic carbocycles. The van der Waals surface area contributed by atoms with Crippen LogP contribution in [0.25, 0.3) is 0 Å². The fourth-order valence-electron chi connectivity index (χ4n) is 3.50. The summed E-state index contributed by atoms with van der Waals surface area (Å²) in [7, 11) is 3.10. The molecule has 2 aromatic rings. The van der Waals surface area contributed by atoms with E-state index in [1.807, 2.05) is 19.1 Å². The zero-order chi connectivity index (χ0) is 21.2. The number of alkyl halides is 3. The monoisotopic (exact) mass is 408 g/mol. The second-order valence-electron chi connectivity index (χ2n) is 6.86. The topological polar surface area (TPSA) is 50.8 Å². The number of nitrogens with zero attached hydrogens (tertiary/aromatic N) is 1. The van der Waals surface area contributed by atoms with E-state index >= 15 is 0 Å². The minimum atomic E-state index is -4.51. The van der Waals surface area contributed by atoms with Crippen LogP contribution in [0.15, 0.2) is 36.4 Å². The smallest absolute Gasteiger partial charge is 0.418 e. The normalized spacial score (nSPS) is 17.0. The lowest BCUT2D eigenvalue weighted by Crippen LogP contribution is -2.38. The highest BCUT2D eigenvalue weighted by atomic mass is 19.4. The van der Waals surface area contributed by atoms with Gasteiger partial charge in [-0.05, 0) is 48.7 Å². The zero-order valence-corrected chi connectivity index (χ0v) is 16.5. The predicted octanol–water partition coefficient (Wildman–Crippen LogP) is 3.93. The maximum atomic E-state index is 13.3. The average Bonchev–Trinajstić information content (AvgIpc) is 3.06. The SMILES string of the molecule is COc1cc(C)c(CN[C@H]2CCN(c3ccccc3C(F)(F)F)C2=O)cc1OC. The van der Waals surface area contributed by atoms with E-state index in [-0.39, 0.29) is 18.1 Å². The van der Waals surface area contributed by atoms with Crippen LogP contribution in [-0.4, -0.2) is 32.7 Å². The van der Waals surface area contributed by atoms with Crippen molar-refractivity contribution in [1.82, 2.24) is 5.32 Å². The van der Waals surface area contributed by atoms with Gasteiger partial charge in [-0.25, -0.2) is 0 Å². The van der Waals surface area contributed by atoms with E-state index in [2.05, 4.69) is 5.32 Å². The summed E-state index contributed by atoms with van der Waals surface area (Å²) < 4.78 is 50.5. The molecule has 1 atom stereocenters. The third kappa shape index (κ3) is 4.32. The van der Waals surface area contributed by atoms with E-state index in [0.717, 1.165) is 17.2 Å². The molecule has 1 aliphatic rings. The number of methoxy groups -OCH3 is 2. The van der Waals surface area contributed by atoms with Gasteiger partial charge in [0.15, 0.2) is 11.5 Å². The van der Waals surface area contributed by atoms with Gasteiger partial charge >= 0.3 is 6.18 Å². The number of carbonyl (C=O) groups is 1. The highest BCUT2D eigenvalue weighted by Gasteiger charge is 2.39. The Morgan fingerprint density at radius 2 is 1.79 bits per heavy atom. The standard InChI is InChI=1S/C21H23F3N2O3/c1-13-10-18(28-2)19(29-3)11-14(13)12-25-16-8-9-26(20(16)27)17-7-5-4-6-15(17)21(22,23)24/h4-7,10-11,16,25H,8-9,12H2,1-3H3/t16-/m0/s1. The van der Waals surface area contributed by atoms with Gasteiger partial charge in [-0.1, -0.05) is 12.1 Å². The summed E-state index contributed by atoms with van der Waals surface area (Å²) in [5.74, 6) is 0.828. The number of nitrogens with one attached hydrogen (secondary N) is 1. The molecule has 3 rings (SSSR count). The zero-order valence-electron chi connectivity index (χ0n) is 16.5. The summed E-state index contributed by atoms with van der Waals surface area (Å²) in [6, 6.07) is 8.28. The third-order valence-corrected chi connectivity index (χ3v) is 5.09. The predicted molar refractivity (Wildman–Crippen MR) is 103 cm³/mol. The van der Waals surface area contributed by atoms with E-state index < -0.39 is 17.8 Å². The molecule has 1 amide bonds. The van der Waals surface area contributed by atoms with Crippen molar-refractivity contribution in [3.8, 4) is 11.5 Å². The summed E-state index contributed by atoms with van der Waals surface area (Å²) in [5.41, 5.74) is 0.978. The molecule has 1 heterocycles. The molecule has 1 fully saturated rings. The van der Waals surface area contributed by atoms with Crippen LogP contribution in [0.3, 0.4) is 0 Å². The average molecular weight is 408 g/mol. The van der Waals surface area contributed by atoms with Gasteiger partial charge in [0.05, 0.1) is 31.5 Å². The first-order chi connectivity index (χ1) is 13.8. The van der Waals surface area contributed by atoms with E-state index in [0.29, 0.717) is 24.5 Å². The number of amides is 1. The van der Waals surface area contributed by atoms with Gasteiger partial charge in [-0.2, -0.15) is 13.2 Å². The fraction of sp³-hybridized carbons (Fsp3) is 0.381. The molecule has 0 saturated carbocycles. The van der Waals surface area contributed by atoms with Crippen LogP contribution in [0.2, 0.25) is 0 Å². The second kappa shape index (κ2) is 8.32. The highest BCUT2D eigenvalue weighted by molar-refractivity contribution is 6.00. The van der Waals surface area contributed by atoms with Crippen molar-refractivity contribution >= 4 is 11.6 Å². The van der Waals surface area contributed by atoms with E-state index in [1.54, 1.807) is 14.2 Å². The lowest BCUT2D eigenvalue weighted by molar-refractivity contribution is -0.137. The van der Waals surface area contributed by atoms with Crippen LogP contribution < -0.4 is 19.7 Å². The first-order valence-electron chi connectivity index (χ1n) is 9.18. The molecule has 5 nitrogen and oxygen atoms in total.